The summed E-state index contributed by atoms with van der Waals surface area (Å²) in [7, 11) is 0. The number of halogens is 3. The monoisotopic (exact) mass is 417 g/mol. The molecule has 0 saturated carbocycles. The predicted molar refractivity (Wildman–Crippen MR) is 102 cm³/mol. The van der Waals surface area contributed by atoms with E-state index in [0.29, 0.717) is 24.3 Å². The molecule has 1 aliphatic rings. The van der Waals surface area contributed by atoms with Crippen LogP contribution in [0, 0.1) is 0 Å². The quantitative estimate of drug-likeness (QED) is 0.584. The molecule has 0 bridgehead atoms. The van der Waals surface area contributed by atoms with Crippen molar-refractivity contribution in [3.05, 3.63) is 65.5 Å². The standard InChI is InChI=1S/C21H18F3N3O3/c22-21(23,24)20-25-19(26-30-20)16-5-3-15(4-6-16)18(28)13-14-1-7-17(8-2-14)27-9-11-29-12-10-27/h1-8H,9-13H2. The molecule has 156 valence electrons. The van der Waals surface area contributed by atoms with Gasteiger partial charge in [-0.1, -0.05) is 41.6 Å². The van der Waals surface area contributed by atoms with Gasteiger partial charge < -0.3 is 14.2 Å². The first-order valence-corrected chi connectivity index (χ1v) is 9.36. The van der Waals surface area contributed by atoms with Gasteiger partial charge in [0.15, 0.2) is 5.78 Å². The second kappa shape index (κ2) is 8.27. The zero-order chi connectivity index (χ0) is 21.1. The maximum absolute atomic E-state index is 12.6. The number of anilines is 1. The van der Waals surface area contributed by atoms with Crippen LogP contribution in [0.2, 0.25) is 0 Å². The van der Waals surface area contributed by atoms with Crippen LogP contribution >= 0.6 is 0 Å². The van der Waals surface area contributed by atoms with E-state index in [2.05, 4.69) is 19.6 Å². The molecule has 0 radical (unpaired) electrons. The predicted octanol–water partition coefficient (Wildman–Crippen LogP) is 4.02. The topological polar surface area (TPSA) is 68.5 Å². The maximum atomic E-state index is 12.6. The van der Waals surface area contributed by atoms with Crippen molar-refractivity contribution >= 4 is 11.5 Å². The highest BCUT2D eigenvalue weighted by atomic mass is 19.4. The normalized spacial score (nSPS) is 14.7. The molecule has 0 N–H and O–H groups in total. The number of carbonyl (C=O) groups is 1. The summed E-state index contributed by atoms with van der Waals surface area (Å²) < 4.78 is 47.3. The van der Waals surface area contributed by atoms with Crippen molar-refractivity contribution in [2.24, 2.45) is 0 Å². The molecule has 30 heavy (non-hydrogen) atoms. The van der Waals surface area contributed by atoms with Gasteiger partial charge in [-0.15, -0.1) is 0 Å². The SMILES string of the molecule is O=C(Cc1ccc(N2CCOCC2)cc1)c1ccc(-c2noc(C(F)(F)F)n2)cc1. The van der Waals surface area contributed by atoms with Gasteiger partial charge in [0.25, 0.3) is 0 Å². The Bertz CT molecular complexity index is 1010. The summed E-state index contributed by atoms with van der Waals surface area (Å²) in [6.45, 7) is 3.10. The van der Waals surface area contributed by atoms with Gasteiger partial charge in [-0.2, -0.15) is 18.2 Å². The van der Waals surface area contributed by atoms with E-state index >= 15 is 0 Å². The molecule has 0 amide bonds. The van der Waals surface area contributed by atoms with Crippen molar-refractivity contribution in [1.29, 1.82) is 0 Å². The van der Waals surface area contributed by atoms with Crippen LogP contribution in [0.5, 0.6) is 0 Å². The average Bonchev–Trinajstić information content (AvgIpc) is 3.26. The smallest absolute Gasteiger partial charge is 0.378 e. The van der Waals surface area contributed by atoms with Crippen LogP contribution in [-0.2, 0) is 17.3 Å². The summed E-state index contributed by atoms with van der Waals surface area (Å²) in [4.78, 5) is 18.1. The Kier molecular flexibility index (Phi) is 5.54. The summed E-state index contributed by atoms with van der Waals surface area (Å²) in [5.41, 5.74) is 2.77. The molecule has 3 aromatic rings. The lowest BCUT2D eigenvalue weighted by atomic mass is 10.0. The number of rotatable bonds is 5. The first-order chi connectivity index (χ1) is 14.4. The van der Waals surface area contributed by atoms with E-state index in [1.807, 2.05) is 24.3 Å². The molecule has 9 heteroatoms. The van der Waals surface area contributed by atoms with Gasteiger partial charge in [0.2, 0.25) is 5.82 Å². The molecule has 6 nitrogen and oxygen atoms in total. The minimum absolute atomic E-state index is 0.0928. The maximum Gasteiger partial charge on any atom is 0.471 e. The third kappa shape index (κ3) is 4.51. The first kappa shape index (κ1) is 20.1. The number of ether oxygens (including phenoxy) is 1. The molecular formula is C21H18F3N3O3. The van der Waals surface area contributed by atoms with E-state index in [1.165, 1.54) is 12.1 Å². The van der Waals surface area contributed by atoms with Crippen molar-refractivity contribution in [2.75, 3.05) is 31.2 Å². The van der Waals surface area contributed by atoms with Gasteiger partial charge in [0.1, 0.15) is 0 Å². The Morgan fingerprint density at radius 3 is 2.27 bits per heavy atom. The van der Waals surface area contributed by atoms with Crippen LogP contribution in [0.4, 0.5) is 18.9 Å². The number of morpholine rings is 1. The second-order valence-electron chi connectivity index (χ2n) is 6.86. The lowest BCUT2D eigenvalue weighted by Crippen LogP contribution is -2.36. The number of Topliss-reactive ketones (excluding diaryl/α,β-unsaturated/α-hetero) is 1. The van der Waals surface area contributed by atoms with Crippen molar-refractivity contribution in [2.45, 2.75) is 12.6 Å². The minimum Gasteiger partial charge on any atom is -0.378 e. The van der Waals surface area contributed by atoms with Crippen molar-refractivity contribution in [3.63, 3.8) is 0 Å². The fourth-order valence-electron chi connectivity index (χ4n) is 3.19. The van der Waals surface area contributed by atoms with Crippen molar-refractivity contribution in [1.82, 2.24) is 10.1 Å². The van der Waals surface area contributed by atoms with E-state index < -0.39 is 12.1 Å². The fraction of sp³-hybridized carbons (Fsp3) is 0.286. The molecule has 2 aromatic carbocycles. The van der Waals surface area contributed by atoms with Crippen LogP contribution in [0.25, 0.3) is 11.4 Å². The number of hydrogen-bond donors (Lipinski definition) is 0. The van der Waals surface area contributed by atoms with E-state index in [4.69, 9.17) is 4.74 Å². The number of nitrogens with zero attached hydrogens (tertiary/aromatic N) is 3. The highest BCUT2D eigenvalue weighted by Gasteiger charge is 2.38. The molecular weight excluding hydrogens is 399 g/mol. The van der Waals surface area contributed by atoms with Crippen LogP contribution in [0.1, 0.15) is 21.8 Å². The van der Waals surface area contributed by atoms with Gasteiger partial charge >= 0.3 is 12.1 Å². The van der Waals surface area contributed by atoms with Crippen LogP contribution in [0.3, 0.4) is 0 Å². The average molecular weight is 417 g/mol. The minimum atomic E-state index is -4.70. The highest BCUT2D eigenvalue weighted by molar-refractivity contribution is 5.97. The third-order valence-electron chi connectivity index (χ3n) is 4.81. The highest BCUT2D eigenvalue weighted by Crippen LogP contribution is 2.29. The number of ketones is 1. The summed E-state index contributed by atoms with van der Waals surface area (Å²) in [6.07, 6.45) is -4.47. The second-order valence-corrected chi connectivity index (χ2v) is 6.86. The fourth-order valence-corrected chi connectivity index (χ4v) is 3.19. The summed E-state index contributed by atoms with van der Waals surface area (Å²) in [5.74, 6) is -1.68. The number of hydrogen-bond acceptors (Lipinski definition) is 6. The number of benzene rings is 2. The lowest BCUT2D eigenvalue weighted by molar-refractivity contribution is -0.159. The van der Waals surface area contributed by atoms with Crippen LogP contribution in [-0.4, -0.2) is 42.2 Å². The van der Waals surface area contributed by atoms with Gasteiger partial charge in [-0.05, 0) is 17.7 Å². The molecule has 1 fully saturated rings. The number of aromatic nitrogens is 2. The summed E-state index contributed by atoms with van der Waals surface area (Å²) >= 11 is 0. The third-order valence-corrected chi connectivity index (χ3v) is 4.81. The molecule has 0 aliphatic carbocycles. The van der Waals surface area contributed by atoms with E-state index in [-0.39, 0.29) is 18.0 Å². The van der Waals surface area contributed by atoms with Gasteiger partial charge in [-0.3, -0.25) is 4.79 Å². The zero-order valence-electron chi connectivity index (χ0n) is 15.9. The Morgan fingerprint density at radius 2 is 1.67 bits per heavy atom. The Morgan fingerprint density at radius 1 is 1.00 bits per heavy atom. The van der Waals surface area contributed by atoms with E-state index in [0.717, 1.165) is 24.3 Å². The number of alkyl halides is 3. The lowest BCUT2D eigenvalue weighted by Gasteiger charge is -2.28. The molecule has 4 rings (SSSR count). The van der Waals surface area contributed by atoms with Crippen LogP contribution in [0.15, 0.2) is 53.1 Å². The van der Waals surface area contributed by atoms with Gasteiger partial charge in [-0.25, -0.2) is 0 Å². The molecule has 1 aliphatic heterocycles. The van der Waals surface area contributed by atoms with Gasteiger partial charge in [0, 0.05) is 36.3 Å². The molecule has 1 aromatic heterocycles. The Balaban J connectivity index is 1.40. The van der Waals surface area contributed by atoms with Crippen molar-refractivity contribution < 1.29 is 27.2 Å². The molecule has 0 spiro atoms. The summed E-state index contributed by atoms with van der Waals surface area (Å²) in [5, 5.41) is 3.34. The Labute approximate surface area is 170 Å². The molecule has 2 heterocycles. The van der Waals surface area contributed by atoms with E-state index in [9.17, 15) is 18.0 Å². The zero-order valence-corrected chi connectivity index (χ0v) is 15.9. The molecule has 1 saturated heterocycles. The van der Waals surface area contributed by atoms with Crippen molar-refractivity contribution in [3.8, 4) is 11.4 Å². The number of carbonyl (C=O) groups excluding carboxylic acids is 1. The van der Waals surface area contributed by atoms with Crippen LogP contribution < -0.4 is 4.90 Å². The molecule has 0 atom stereocenters. The van der Waals surface area contributed by atoms with Gasteiger partial charge in [0.05, 0.1) is 13.2 Å². The first-order valence-electron chi connectivity index (χ1n) is 9.36. The molecule has 0 unspecified atom stereocenters. The van der Waals surface area contributed by atoms with E-state index in [1.54, 1.807) is 12.1 Å². The largest absolute Gasteiger partial charge is 0.471 e. The Hall–Kier alpha value is -3.20. The summed E-state index contributed by atoms with van der Waals surface area (Å²) in [6, 6.07) is 13.9.